The largest absolute Gasteiger partial charge is 0.303 e. The third-order valence-electron chi connectivity index (χ3n) is 5.45. The van der Waals surface area contributed by atoms with Crippen molar-refractivity contribution >= 4 is 68.7 Å². The minimum absolute atomic E-state index is 0.196. The maximum atomic E-state index is 13.6. The zero-order valence-corrected chi connectivity index (χ0v) is 19.4. The van der Waals surface area contributed by atoms with Gasteiger partial charge < -0.3 is 4.90 Å². The number of hydrogen-bond donors (Lipinski definition) is 0. The van der Waals surface area contributed by atoms with Gasteiger partial charge in [0, 0.05) is 10.6 Å². The summed E-state index contributed by atoms with van der Waals surface area (Å²) in [5.41, 5.74) is 4.71. The average Bonchev–Trinajstić information content (AvgIpc) is 3.22. The Balaban J connectivity index is 1.57. The molecule has 3 aromatic rings. The second kappa shape index (κ2) is 8.20. The molecule has 4 nitrogen and oxygen atoms in total. The highest BCUT2D eigenvalue weighted by molar-refractivity contribution is 8.27. The topological polar surface area (TPSA) is 40.6 Å². The summed E-state index contributed by atoms with van der Waals surface area (Å²) in [7, 11) is 0. The molecule has 2 amide bonds. The van der Waals surface area contributed by atoms with Gasteiger partial charge in [0.1, 0.15) is 0 Å². The lowest BCUT2D eigenvalue weighted by atomic mass is 10.1. The van der Waals surface area contributed by atoms with E-state index in [2.05, 4.69) is 0 Å². The van der Waals surface area contributed by atoms with Crippen molar-refractivity contribution in [3.8, 4) is 0 Å². The molecule has 0 atom stereocenters. The number of carbonyl (C=O) groups is 2. The summed E-state index contributed by atoms with van der Waals surface area (Å²) in [4.78, 5) is 30.5. The van der Waals surface area contributed by atoms with Gasteiger partial charge in [-0.1, -0.05) is 89.7 Å². The predicted molar refractivity (Wildman–Crippen MR) is 135 cm³/mol. The van der Waals surface area contributed by atoms with Crippen LogP contribution < -0.4 is 9.80 Å². The van der Waals surface area contributed by atoms with E-state index in [1.54, 1.807) is 29.2 Å². The molecule has 0 unspecified atom stereocenters. The number of fused-ring (bicyclic) bond motifs is 1. The van der Waals surface area contributed by atoms with Crippen LogP contribution >= 0.6 is 35.6 Å². The summed E-state index contributed by atoms with van der Waals surface area (Å²) >= 11 is 12.8. The van der Waals surface area contributed by atoms with Crippen LogP contribution in [0.3, 0.4) is 0 Å². The molecule has 7 heteroatoms. The third-order valence-corrected chi connectivity index (χ3v) is 7.05. The maximum absolute atomic E-state index is 13.6. The number of para-hydroxylation sites is 1. The molecule has 32 heavy (non-hydrogen) atoms. The fourth-order valence-electron chi connectivity index (χ4n) is 3.89. The fourth-order valence-corrected chi connectivity index (χ4v) is 5.44. The van der Waals surface area contributed by atoms with Gasteiger partial charge in [0.05, 0.1) is 28.4 Å². The lowest BCUT2D eigenvalue weighted by molar-refractivity contribution is -0.115. The molecule has 0 spiro atoms. The molecular weight excluding hydrogens is 460 g/mol. The smallest absolute Gasteiger partial charge is 0.271 e. The normalized spacial score (nSPS) is 18.0. The number of thioether (sulfide) groups is 1. The van der Waals surface area contributed by atoms with E-state index in [0.29, 0.717) is 32.1 Å². The van der Waals surface area contributed by atoms with Crippen LogP contribution in [-0.2, 0) is 16.1 Å². The number of hydrogen-bond acceptors (Lipinski definition) is 4. The van der Waals surface area contributed by atoms with E-state index in [-0.39, 0.29) is 11.8 Å². The molecule has 1 saturated heterocycles. The number of carbonyl (C=O) groups excluding carboxylic acids is 2. The molecule has 2 heterocycles. The summed E-state index contributed by atoms with van der Waals surface area (Å²) in [5, 5.41) is 0.510. The van der Waals surface area contributed by atoms with E-state index in [9.17, 15) is 9.59 Å². The third kappa shape index (κ3) is 3.54. The van der Waals surface area contributed by atoms with Crippen LogP contribution in [0, 0.1) is 6.92 Å². The van der Waals surface area contributed by atoms with Gasteiger partial charge in [-0.05, 0) is 36.8 Å². The highest BCUT2D eigenvalue weighted by atomic mass is 35.5. The Labute approximate surface area is 200 Å². The molecular formula is C25H17ClN2O2S2. The van der Waals surface area contributed by atoms with Crippen molar-refractivity contribution in [3.63, 3.8) is 0 Å². The SMILES string of the molecule is Cc1ccc(CN2C(=O)C(=C3SC(=S)N(c4cccc(Cl)c4)C3=O)c3ccccc32)cc1. The molecule has 2 aliphatic heterocycles. The molecule has 0 bridgehead atoms. The first-order valence-electron chi connectivity index (χ1n) is 9.97. The van der Waals surface area contributed by atoms with Gasteiger partial charge in [0.25, 0.3) is 11.8 Å². The van der Waals surface area contributed by atoms with Crippen molar-refractivity contribution in [1.82, 2.24) is 0 Å². The van der Waals surface area contributed by atoms with Crippen molar-refractivity contribution in [2.45, 2.75) is 13.5 Å². The summed E-state index contributed by atoms with van der Waals surface area (Å²) < 4.78 is 0.377. The van der Waals surface area contributed by atoms with Crippen LogP contribution in [0.5, 0.6) is 0 Å². The van der Waals surface area contributed by atoms with Crippen molar-refractivity contribution in [2.24, 2.45) is 0 Å². The fraction of sp³-hybridized carbons (Fsp3) is 0.0800. The van der Waals surface area contributed by atoms with E-state index in [0.717, 1.165) is 34.1 Å². The number of thiocarbonyl (C=S) groups is 1. The van der Waals surface area contributed by atoms with Crippen LogP contribution in [0.4, 0.5) is 11.4 Å². The Morgan fingerprint density at radius 1 is 0.938 bits per heavy atom. The van der Waals surface area contributed by atoms with Crippen LogP contribution in [0.1, 0.15) is 16.7 Å². The highest BCUT2D eigenvalue weighted by Gasteiger charge is 2.42. The maximum Gasteiger partial charge on any atom is 0.271 e. The molecule has 158 valence electrons. The Hall–Kier alpha value is -2.93. The van der Waals surface area contributed by atoms with Crippen LogP contribution in [0.15, 0.2) is 77.7 Å². The summed E-state index contributed by atoms with van der Waals surface area (Å²) in [6.45, 7) is 2.45. The monoisotopic (exact) mass is 476 g/mol. The van der Waals surface area contributed by atoms with Crippen LogP contribution in [0.2, 0.25) is 5.02 Å². The molecule has 0 radical (unpaired) electrons. The van der Waals surface area contributed by atoms with E-state index in [1.807, 2.05) is 55.5 Å². The molecule has 5 rings (SSSR count). The quantitative estimate of drug-likeness (QED) is 0.345. The number of aryl methyl sites for hydroxylation is 1. The van der Waals surface area contributed by atoms with Crippen LogP contribution in [-0.4, -0.2) is 16.1 Å². The van der Waals surface area contributed by atoms with Crippen LogP contribution in [0.25, 0.3) is 5.57 Å². The Kier molecular flexibility index (Phi) is 5.37. The first-order valence-corrected chi connectivity index (χ1v) is 11.6. The molecule has 0 saturated carbocycles. The average molecular weight is 477 g/mol. The standard InChI is InChI=1S/C25H17ClN2O2S2/c1-15-9-11-16(12-10-15)14-27-20-8-3-2-7-19(20)21(23(27)29)22-24(30)28(25(31)32-22)18-6-4-5-17(26)13-18/h2-13H,14H2,1H3. The second-order valence-electron chi connectivity index (χ2n) is 7.59. The lowest BCUT2D eigenvalue weighted by Crippen LogP contribution is -2.29. The Morgan fingerprint density at radius 2 is 1.69 bits per heavy atom. The number of amides is 2. The van der Waals surface area contributed by atoms with Gasteiger partial charge in [-0.3, -0.25) is 14.5 Å². The minimum Gasteiger partial charge on any atom is -0.303 e. The van der Waals surface area contributed by atoms with Gasteiger partial charge in [-0.2, -0.15) is 0 Å². The van der Waals surface area contributed by atoms with Gasteiger partial charge in [0.15, 0.2) is 4.32 Å². The van der Waals surface area contributed by atoms with Gasteiger partial charge in [-0.25, -0.2) is 0 Å². The van der Waals surface area contributed by atoms with Crippen molar-refractivity contribution in [1.29, 1.82) is 0 Å². The van der Waals surface area contributed by atoms with Gasteiger partial charge in [0.2, 0.25) is 0 Å². The second-order valence-corrected chi connectivity index (χ2v) is 9.67. The number of benzene rings is 3. The summed E-state index contributed by atoms with van der Waals surface area (Å²) in [5.74, 6) is -0.504. The summed E-state index contributed by atoms with van der Waals surface area (Å²) in [6, 6.07) is 22.6. The first-order chi connectivity index (χ1) is 15.4. The number of rotatable bonds is 3. The molecule has 0 aromatic heterocycles. The number of nitrogens with zero attached hydrogens (tertiary/aromatic N) is 2. The van der Waals surface area contributed by atoms with E-state index >= 15 is 0 Å². The van der Waals surface area contributed by atoms with Gasteiger partial charge >= 0.3 is 0 Å². The minimum atomic E-state index is -0.308. The number of anilines is 2. The first kappa shape index (κ1) is 20.9. The zero-order valence-electron chi connectivity index (χ0n) is 17.0. The molecule has 0 aliphatic carbocycles. The zero-order chi connectivity index (χ0) is 22.4. The van der Waals surface area contributed by atoms with Crippen molar-refractivity contribution < 1.29 is 9.59 Å². The lowest BCUT2D eigenvalue weighted by Gasteiger charge is -2.17. The Morgan fingerprint density at radius 3 is 2.44 bits per heavy atom. The van der Waals surface area contributed by atoms with E-state index in [1.165, 1.54) is 4.90 Å². The van der Waals surface area contributed by atoms with Gasteiger partial charge in [-0.15, -0.1) is 0 Å². The van der Waals surface area contributed by atoms with Crippen molar-refractivity contribution in [2.75, 3.05) is 9.80 Å². The predicted octanol–water partition coefficient (Wildman–Crippen LogP) is 5.97. The molecule has 3 aromatic carbocycles. The van der Waals surface area contributed by atoms with E-state index in [4.69, 9.17) is 23.8 Å². The van der Waals surface area contributed by atoms with Crippen molar-refractivity contribution in [3.05, 3.63) is 99.4 Å². The molecule has 0 N–H and O–H groups in total. The van der Waals surface area contributed by atoms with E-state index < -0.39 is 0 Å². The molecule has 2 aliphatic rings. The highest BCUT2D eigenvalue weighted by Crippen LogP contribution is 2.46. The molecule has 1 fully saturated rings. The number of halogens is 1. The Bertz CT molecular complexity index is 1320. The summed E-state index contributed by atoms with van der Waals surface area (Å²) in [6.07, 6.45) is 0.